The standard InChI is InChI=1S/C14H30N2/c1-4-7-13-8-10-16(12-13)11-9-15-14(5-2)6-3/h13-15H,4-12H2,1-3H3. The Kier molecular flexibility index (Phi) is 7.06. The molecular weight excluding hydrogens is 196 g/mol. The highest BCUT2D eigenvalue weighted by Crippen LogP contribution is 2.20. The van der Waals surface area contributed by atoms with Crippen molar-refractivity contribution >= 4 is 0 Å². The van der Waals surface area contributed by atoms with Gasteiger partial charge in [-0.3, -0.25) is 0 Å². The molecule has 1 aliphatic heterocycles. The molecule has 2 heteroatoms. The van der Waals surface area contributed by atoms with Gasteiger partial charge in [0.1, 0.15) is 0 Å². The first-order valence-electron chi connectivity index (χ1n) is 7.25. The van der Waals surface area contributed by atoms with Crippen LogP contribution in [0.25, 0.3) is 0 Å². The molecule has 1 N–H and O–H groups in total. The van der Waals surface area contributed by atoms with Crippen molar-refractivity contribution in [2.24, 2.45) is 5.92 Å². The van der Waals surface area contributed by atoms with Crippen LogP contribution in [-0.4, -0.2) is 37.1 Å². The highest BCUT2D eigenvalue weighted by molar-refractivity contribution is 4.76. The first-order valence-corrected chi connectivity index (χ1v) is 7.25. The lowest BCUT2D eigenvalue weighted by atomic mass is 10.0. The predicted octanol–water partition coefficient (Wildman–Crippen LogP) is 2.89. The van der Waals surface area contributed by atoms with Crippen LogP contribution in [0.2, 0.25) is 0 Å². The molecule has 0 aromatic heterocycles. The van der Waals surface area contributed by atoms with E-state index in [1.165, 1.54) is 58.3 Å². The topological polar surface area (TPSA) is 15.3 Å². The number of rotatable bonds is 8. The average Bonchev–Trinajstić information content (AvgIpc) is 2.73. The zero-order chi connectivity index (χ0) is 11.8. The van der Waals surface area contributed by atoms with Crippen molar-refractivity contribution in [2.45, 2.75) is 58.9 Å². The second-order valence-corrected chi connectivity index (χ2v) is 5.21. The van der Waals surface area contributed by atoms with Crippen LogP contribution >= 0.6 is 0 Å². The van der Waals surface area contributed by atoms with Gasteiger partial charge in [0.15, 0.2) is 0 Å². The SMILES string of the molecule is CCCC1CCN(CCNC(CC)CC)C1. The number of nitrogens with zero attached hydrogens (tertiary/aromatic N) is 1. The summed E-state index contributed by atoms with van der Waals surface area (Å²) in [6, 6.07) is 0.731. The summed E-state index contributed by atoms with van der Waals surface area (Å²) >= 11 is 0. The highest BCUT2D eigenvalue weighted by atomic mass is 15.2. The Labute approximate surface area is 102 Å². The molecule has 0 amide bonds. The monoisotopic (exact) mass is 226 g/mol. The van der Waals surface area contributed by atoms with Crippen molar-refractivity contribution in [3.05, 3.63) is 0 Å². The zero-order valence-corrected chi connectivity index (χ0v) is 11.5. The Bertz CT molecular complexity index is 166. The van der Waals surface area contributed by atoms with Gasteiger partial charge in [-0.05, 0) is 38.1 Å². The minimum absolute atomic E-state index is 0.731. The lowest BCUT2D eigenvalue weighted by molar-refractivity contribution is 0.309. The Balaban J connectivity index is 2.06. The zero-order valence-electron chi connectivity index (χ0n) is 11.5. The van der Waals surface area contributed by atoms with Crippen LogP contribution in [0.5, 0.6) is 0 Å². The van der Waals surface area contributed by atoms with Crippen molar-refractivity contribution < 1.29 is 0 Å². The third-order valence-electron chi connectivity index (χ3n) is 3.91. The molecule has 0 aromatic carbocycles. The first kappa shape index (κ1) is 14.0. The van der Waals surface area contributed by atoms with Crippen molar-refractivity contribution in [3.8, 4) is 0 Å². The summed E-state index contributed by atoms with van der Waals surface area (Å²) in [6.07, 6.45) is 6.73. The molecule has 96 valence electrons. The molecule has 0 saturated carbocycles. The maximum absolute atomic E-state index is 3.65. The fraction of sp³-hybridized carbons (Fsp3) is 1.00. The van der Waals surface area contributed by atoms with E-state index in [2.05, 4.69) is 31.0 Å². The molecule has 0 radical (unpaired) electrons. The van der Waals surface area contributed by atoms with Crippen LogP contribution in [0.4, 0.5) is 0 Å². The molecule has 1 saturated heterocycles. The van der Waals surface area contributed by atoms with Gasteiger partial charge >= 0.3 is 0 Å². The lowest BCUT2D eigenvalue weighted by Gasteiger charge is -2.19. The van der Waals surface area contributed by atoms with Gasteiger partial charge in [-0.25, -0.2) is 0 Å². The summed E-state index contributed by atoms with van der Waals surface area (Å²) in [5, 5.41) is 3.65. The van der Waals surface area contributed by atoms with E-state index in [1.807, 2.05) is 0 Å². The van der Waals surface area contributed by atoms with Gasteiger partial charge in [-0.1, -0.05) is 27.2 Å². The number of hydrogen-bond acceptors (Lipinski definition) is 2. The predicted molar refractivity (Wildman–Crippen MR) is 71.8 cm³/mol. The van der Waals surface area contributed by atoms with Crippen LogP contribution in [0.1, 0.15) is 52.9 Å². The molecule has 1 rings (SSSR count). The summed E-state index contributed by atoms with van der Waals surface area (Å²) in [5.41, 5.74) is 0. The molecule has 0 aliphatic carbocycles. The molecule has 1 fully saturated rings. The van der Waals surface area contributed by atoms with E-state index in [1.54, 1.807) is 0 Å². The fourth-order valence-electron chi connectivity index (χ4n) is 2.76. The summed E-state index contributed by atoms with van der Waals surface area (Å²) in [6.45, 7) is 11.9. The van der Waals surface area contributed by atoms with Gasteiger partial charge in [-0.15, -0.1) is 0 Å². The first-order chi connectivity index (χ1) is 7.80. The molecule has 0 aromatic rings. The van der Waals surface area contributed by atoms with Crippen LogP contribution < -0.4 is 5.32 Å². The molecule has 0 bridgehead atoms. The Morgan fingerprint density at radius 1 is 1.25 bits per heavy atom. The largest absolute Gasteiger partial charge is 0.313 e. The maximum atomic E-state index is 3.65. The smallest absolute Gasteiger partial charge is 0.0107 e. The van der Waals surface area contributed by atoms with Gasteiger partial charge in [0.05, 0.1) is 0 Å². The van der Waals surface area contributed by atoms with Gasteiger partial charge < -0.3 is 10.2 Å². The van der Waals surface area contributed by atoms with Crippen molar-refractivity contribution in [1.82, 2.24) is 10.2 Å². The Morgan fingerprint density at radius 2 is 2.00 bits per heavy atom. The van der Waals surface area contributed by atoms with Crippen LogP contribution in [-0.2, 0) is 0 Å². The van der Waals surface area contributed by atoms with E-state index in [9.17, 15) is 0 Å². The van der Waals surface area contributed by atoms with E-state index >= 15 is 0 Å². The summed E-state index contributed by atoms with van der Waals surface area (Å²) in [4.78, 5) is 2.63. The third-order valence-corrected chi connectivity index (χ3v) is 3.91. The third kappa shape index (κ3) is 4.84. The molecular formula is C14H30N2. The summed E-state index contributed by atoms with van der Waals surface area (Å²) < 4.78 is 0. The normalized spacial score (nSPS) is 22.1. The minimum atomic E-state index is 0.731. The molecule has 1 heterocycles. The molecule has 1 atom stereocenters. The van der Waals surface area contributed by atoms with Crippen LogP contribution in [0, 0.1) is 5.92 Å². The fourth-order valence-corrected chi connectivity index (χ4v) is 2.76. The van der Waals surface area contributed by atoms with Gasteiger partial charge in [0.25, 0.3) is 0 Å². The lowest BCUT2D eigenvalue weighted by Crippen LogP contribution is -2.35. The van der Waals surface area contributed by atoms with E-state index in [-0.39, 0.29) is 0 Å². The van der Waals surface area contributed by atoms with E-state index < -0.39 is 0 Å². The minimum Gasteiger partial charge on any atom is -0.313 e. The Hall–Kier alpha value is -0.0800. The number of likely N-dealkylation sites (tertiary alicyclic amines) is 1. The second-order valence-electron chi connectivity index (χ2n) is 5.21. The summed E-state index contributed by atoms with van der Waals surface area (Å²) in [5.74, 6) is 0.984. The quantitative estimate of drug-likeness (QED) is 0.684. The molecule has 16 heavy (non-hydrogen) atoms. The molecule has 1 unspecified atom stereocenters. The summed E-state index contributed by atoms with van der Waals surface area (Å²) in [7, 11) is 0. The maximum Gasteiger partial charge on any atom is 0.0107 e. The van der Waals surface area contributed by atoms with Crippen molar-refractivity contribution in [2.75, 3.05) is 26.2 Å². The molecule has 0 spiro atoms. The van der Waals surface area contributed by atoms with Gasteiger partial charge in [0.2, 0.25) is 0 Å². The van der Waals surface area contributed by atoms with Gasteiger partial charge in [0, 0.05) is 25.7 Å². The van der Waals surface area contributed by atoms with Crippen LogP contribution in [0.15, 0.2) is 0 Å². The molecule has 1 aliphatic rings. The van der Waals surface area contributed by atoms with E-state index in [0.29, 0.717) is 0 Å². The second kappa shape index (κ2) is 8.08. The van der Waals surface area contributed by atoms with Gasteiger partial charge in [-0.2, -0.15) is 0 Å². The molecule has 2 nitrogen and oxygen atoms in total. The average molecular weight is 226 g/mol. The van der Waals surface area contributed by atoms with E-state index in [4.69, 9.17) is 0 Å². The van der Waals surface area contributed by atoms with Crippen molar-refractivity contribution in [3.63, 3.8) is 0 Å². The highest BCUT2D eigenvalue weighted by Gasteiger charge is 2.20. The number of nitrogens with one attached hydrogen (secondary N) is 1. The van der Waals surface area contributed by atoms with Crippen molar-refractivity contribution in [1.29, 1.82) is 0 Å². The number of hydrogen-bond donors (Lipinski definition) is 1. The van der Waals surface area contributed by atoms with Crippen LogP contribution in [0.3, 0.4) is 0 Å². The Morgan fingerprint density at radius 3 is 2.62 bits per heavy atom. The van der Waals surface area contributed by atoms with E-state index in [0.717, 1.165) is 12.0 Å².